The summed E-state index contributed by atoms with van der Waals surface area (Å²) in [4.78, 5) is 14.6. The maximum atomic E-state index is 13.3. The van der Waals surface area contributed by atoms with Crippen LogP contribution in [0.5, 0.6) is 0 Å². The molecule has 2 aromatic rings. The Morgan fingerprint density at radius 1 is 1.40 bits per heavy atom. The maximum absolute atomic E-state index is 13.3. The molecule has 0 bridgehead atoms. The lowest BCUT2D eigenvalue weighted by molar-refractivity contribution is -0.116. The Balaban J connectivity index is 1.47. The van der Waals surface area contributed by atoms with Crippen molar-refractivity contribution in [2.24, 2.45) is 0 Å². The normalized spacial score (nSPS) is 18.2. The highest BCUT2D eigenvalue weighted by molar-refractivity contribution is 5.90. The van der Waals surface area contributed by atoms with Crippen molar-refractivity contribution in [3.8, 4) is 11.3 Å². The van der Waals surface area contributed by atoms with Crippen LogP contribution >= 0.6 is 0 Å². The van der Waals surface area contributed by atoms with Crippen LogP contribution in [0.3, 0.4) is 0 Å². The van der Waals surface area contributed by atoms with Gasteiger partial charge in [-0.3, -0.25) is 9.89 Å². The van der Waals surface area contributed by atoms with Crippen LogP contribution in [-0.4, -0.2) is 40.1 Å². The van der Waals surface area contributed by atoms with E-state index in [1.807, 2.05) is 0 Å². The first-order valence-electron chi connectivity index (χ1n) is 8.97. The highest BCUT2D eigenvalue weighted by Gasteiger charge is 2.17. The van der Waals surface area contributed by atoms with Crippen LogP contribution in [-0.2, 0) is 4.79 Å². The van der Waals surface area contributed by atoms with E-state index in [9.17, 15) is 9.18 Å². The van der Waals surface area contributed by atoms with Crippen LogP contribution in [0.25, 0.3) is 11.3 Å². The summed E-state index contributed by atoms with van der Waals surface area (Å²) in [7, 11) is 0. The summed E-state index contributed by atoms with van der Waals surface area (Å²) < 4.78 is 13.3. The number of nitrogens with zero attached hydrogens (tertiary/aromatic N) is 2. The van der Waals surface area contributed by atoms with Crippen LogP contribution in [0.1, 0.15) is 39.0 Å². The molecule has 5 nitrogen and oxygen atoms in total. The lowest BCUT2D eigenvalue weighted by Crippen LogP contribution is -2.38. The second kappa shape index (κ2) is 8.25. The SMILES string of the molecule is CC1CCCCN1CCCC(=O)Nc1cc(-c2cccc(F)c2)n[nH]1. The summed E-state index contributed by atoms with van der Waals surface area (Å²) in [5.41, 5.74) is 1.28. The Hall–Kier alpha value is -2.21. The molecule has 0 aliphatic carbocycles. The molecule has 1 aromatic carbocycles. The summed E-state index contributed by atoms with van der Waals surface area (Å²) in [6.07, 6.45) is 5.15. The van der Waals surface area contributed by atoms with E-state index in [2.05, 4.69) is 27.3 Å². The van der Waals surface area contributed by atoms with Crippen molar-refractivity contribution in [2.75, 3.05) is 18.4 Å². The van der Waals surface area contributed by atoms with E-state index in [-0.39, 0.29) is 11.7 Å². The number of aromatic amines is 1. The van der Waals surface area contributed by atoms with E-state index in [1.165, 1.54) is 31.4 Å². The van der Waals surface area contributed by atoms with E-state index in [0.29, 0.717) is 29.5 Å². The summed E-state index contributed by atoms with van der Waals surface area (Å²) in [6.45, 7) is 4.37. The van der Waals surface area contributed by atoms with Crippen LogP contribution < -0.4 is 5.32 Å². The molecule has 134 valence electrons. The second-order valence-corrected chi connectivity index (χ2v) is 6.71. The van der Waals surface area contributed by atoms with Crippen LogP contribution in [0.2, 0.25) is 0 Å². The van der Waals surface area contributed by atoms with Gasteiger partial charge in [0.2, 0.25) is 5.91 Å². The van der Waals surface area contributed by atoms with Crippen LogP contribution in [0.15, 0.2) is 30.3 Å². The first kappa shape index (κ1) is 17.6. The standard InChI is InChI=1S/C19H25FN4O/c1-14-6-2-3-10-24(14)11-5-9-19(25)21-18-13-17(22-23-18)15-7-4-8-16(20)12-15/h4,7-8,12-14H,2-3,5-6,9-11H2,1H3,(H2,21,22,23,25). The summed E-state index contributed by atoms with van der Waals surface area (Å²) in [6, 6.07) is 8.57. The number of carbonyl (C=O) groups excluding carboxylic acids is 1. The van der Waals surface area contributed by atoms with Gasteiger partial charge in [-0.25, -0.2) is 4.39 Å². The molecule has 1 saturated heterocycles. The van der Waals surface area contributed by atoms with Gasteiger partial charge in [0.1, 0.15) is 11.6 Å². The third-order valence-corrected chi connectivity index (χ3v) is 4.76. The number of hydrogen-bond donors (Lipinski definition) is 2. The number of nitrogens with one attached hydrogen (secondary N) is 2. The van der Waals surface area contributed by atoms with Crippen LogP contribution in [0, 0.1) is 5.82 Å². The fourth-order valence-electron chi connectivity index (χ4n) is 3.33. The van der Waals surface area contributed by atoms with Gasteiger partial charge >= 0.3 is 0 Å². The molecule has 1 aliphatic heterocycles. The molecule has 1 fully saturated rings. The fourth-order valence-corrected chi connectivity index (χ4v) is 3.33. The van der Waals surface area contributed by atoms with Crippen molar-refractivity contribution in [3.63, 3.8) is 0 Å². The molecule has 1 atom stereocenters. The number of piperidine rings is 1. The summed E-state index contributed by atoms with van der Waals surface area (Å²) in [5.74, 6) is 0.202. The van der Waals surface area contributed by atoms with Crippen molar-refractivity contribution >= 4 is 11.7 Å². The average molecular weight is 344 g/mol. The van der Waals surface area contributed by atoms with Gasteiger partial charge in [0.15, 0.2) is 0 Å². The van der Waals surface area contributed by atoms with Crippen molar-refractivity contribution in [1.82, 2.24) is 15.1 Å². The van der Waals surface area contributed by atoms with E-state index in [0.717, 1.165) is 19.5 Å². The van der Waals surface area contributed by atoms with Gasteiger partial charge in [-0.2, -0.15) is 5.10 Å². The number of rotatable bonds is 6. The monoisotopic (exact) mass is 344 g/mol. The number of hydrogen-bond acceptors (Lipinski definition) is 3. The van der Waals surface area contributed by atoms with Gasteiger partial charge in [-0.15, -0.1) is 0 Å². The average Bonchev–Trinajstić information content (AvgIpc) is 3.05. The summed E-state index contributed by atoms with van der Waals surface area (Å²) in [5, 5.41) is 9.74. The Bertz CT molecular complexity index is 715. The zero-order chi connectivity index (χ0) is 17.6. The number of aromatic nitrogens is 2. The molecule has 1 amide bonds. The molecule has 1 aromatic heterocycles. The molecule has 0 radical (unpaired) electrons. The van der Waals surface area contributed by atoms with Crippen molar-refractivity contribution in [2.45, 2.75) is 45.1 Å². The predicted molar refractivity (Wildman–Crippen MR) is 96.7 cm³/mol. The largest absolute Gasteiger partial charge is 0.311 e. The Labute approximate surface area is 147 Å². The lowest BCUT2D eigenvalue weighted by Gasteiger charge is -2.33. The van der Waals surface area contributed by atoms with Gasteiger partial charge < -0.3 is 10.2 Å². The number of H-pyrrole nitrogens is 1. The van der Waals surface area contributed by atoms with E-state index in [1.54, 1.807) is 18.2 Å². The molecular formula is C19H25FN4O. The Morgan fingerprint density at radius 3 is 3.08 bits per heavy atom. The van der Waals surface area contributed by atoms with Gasteiger partial charge in [-0.05, 0) is 51.4 Å². The van der Waals surface area contributed by atoms with Gasteiger partial charge in [0, 0.05) is 24.1 Å². The highest BCUT2D eigenvalue weighted by Crippen LogP contribution is 2.21. The third-order valence-electron chi connectivity index (χ3n) is 4.76. The zero-order valence-electron chi connectivity index (χ0n) is 14.6. The minimum Gasteiger partial charge on any atom is -0.311 e. The summed E-state index contributed by atoms with van der Waals surface area (Å²) >= 11 is 0. The maximum Gasteiger partial charge on any atom is 0.225 e. The zero-order valence-corrected chi connectivity index (χ0v) is 14.6. The molecule has 3 rings (SSSR count). The molecule has 6 heteroatoms. The predicted octanol–water partition coefficient (Wildman–Crippen LogP) is 3.81. The van der Waals surface area contributed by atoms with Gasteiger partial charge in [0.25, 0.3) is 0 Å². The molecular weight excluding hydrogens is 319 g/mol. The van der Waals surface area contributed by atoms with Crippen LogP contribution in [0.4, 0.5) is 10.2 Å². The number of carbonyl (C=O) groups is 1. The van der Waals surface area contributed by atoms with E-state index in [4.69, 9.17) is 0 Å². The smallest absolute Gasteiger partial charge is 0.225 e. The van der Waals surface area contributed by atoms with Crippen molar-refractivity contribution in [3.05, 3.63) is 36.1 Å². The quantitative estimate of drug-likeness (QED) is 0.838. The molecule has 1 aliphatic rings. The number of amides is 1. The van der Waals surface area contributed by atoms with E-state index < -0.39 is 0 Å². The lowest BCUT2D eigenvalue weighted by atomic mass is 10.0. The third kappa shape index (κ3) is 4.89. The minimum absolute atomic E-state index is 0.0286. The topological polar surface area (TPSA) is 61.0 Å². The second-order valence-electron chi connectivity index (χ2n) is 6.71. The first-order valence-corrected chi connectivity index (χ1v) is 8.97. The number of benzene rings is 1. The molecule has 25 heavy (non-hydrogen) atoms. The van der Waals surface area contributed by atoms with Gasteiger partial charge in [0.05, 0.1) is 5.69 Å². The van der Waals surface area contributed by atoms with E-state index >= 15 is 0 Å². The molecule has 0 saturated carbocycles. The molecule has 2 N–H and O–H groups in total. The fraction of sp³-hybridized carbons (Fsp3) is 0.474. The molecule has 0 spiro atoms. The Kier molecular flexibility index (Phi) is 5.81. The first-order chi connectivity index (χ1) is 12.1. The van der Waals surface area contributed by atoms with Gasteiger partial charge in [-0.1, -0.05) is 18.6 Å². The number of anilines is 1. The van der Waals surface area contributed by atoms with Crippen molar-refractivity contribution in [1.29, 1.82) is 0 Å². The van der Waals surface area contributed by atoms with Crippen molar-refractivity contribution < 1.29 is 9.18 Å². The molecule has 2 heterocycles. The molecule has 1 unspecified atom stereocenters. The Morgan fingerprint density at radius 2 is 2.28 bits per heavy atom. The number of likely N-dealkylation sites (tertiary alicyclic amines) is 1. The minimum atomic E-state index is -0.307. The highest BCUT2D eigenvalue weighted by atomic mass is 19.1. The number of halogens is 1.